The summed E-state index contributed by atoms with van der Waals surface area (Å²) >= 11 is 6.34. The fourth-order valence-electron chi connectivity index (χ4n) is 4.95. The van der Waals surface area contributed by atoms with Gasteiger partial charge in [0.25, 0.3) is 5.91 Å². The summed E-state index contributed by atoms with van der Waals surface area (Å²) in [5.41, 5.74) is 6.84. The third kappa shape index (κ3) is 6.12. The lowest BCUT2D eigenvalue weighted by atomic mass is 9.99. The monoisotopic (exact) mass is 594 g/mol. The van der Waals surface area contributed by atoms with Crippen molar-refractivity contribution in [2.45, 2.75) is 12.5 Å². The number of nitrogens with zero attached hydrogens (tertiary/aromatic N) is 6. The fourth-order valence-corrected chi connectivity index (χ4v) is 5.24. The molecule has 0 spiro atoms. The van der Waals surface area contributed by atoms with Crippen LogP contribution in [0.3, 0.4) is 0 Å². The SMILES string of the molecule is CN(Cc1ccc(C(=N)N)cc1)c1nc(C2CN(CC(=O)N3CCOCC3)C2)nn1C(=O)c1cccc(C(=O)O)c1Cl. The van der Waals surface area contributed by atoms with E-state index in [0.717, 1.165) is 10.2 Å². The van der Waals surface area contributed by atoms with Crippen molar-refractivity contribution >= 4 is 41.2 Å². The molecule has 4 N–H and O–H groups in total. The molecule has 14 heteroatoms. The Balaban J connectivity index is 1.38. The van der Waals surface area contributed by atoms with Crippen molar-refractivity contribution in [3.05, 3.63) is 75.6 Å². The number of aromatic carboxylic acids is 1. The largest absolute Gasteiger partial charge is 0.478 e. The number of anilines is 1. The first-order valence-electron chi connectivity index (χ1n) is 13.4. The van der Waals surface area contributed by atoms with Gasteiger partial charge in [0.05, 0.1) is 35.9 Å². The number of ether oxygens (including phenoxy) is 1. The minimum atomic E-state index is -1.25. The van der Waals surface area contributed by atoms with Gasteiger partial charge in [-0.3, -0.25) is 19.9 Å². The van der Waals surface area contributed by atoms with E-state index in [1.165, 1.54) is 18.2 Å². The van der Waals surface area contributed by atoms with Crippen molar-refractivity contribution in [2.24, 2.45) is 5.73 Å². The molecular weight excluding hydrogens is 564 g/mol. The van der Waals surface area contributed by atoms with Gasteiger partial charge in [0, 0.05) is 51.3 Å². The van der Waals surface area contributed by atoms with Gasteiger partial charge in [-0.1, -0.05) is 41.9 Å². The van der Waals surface area contributed by atoms with Crippen LogP contribution in [0.25, 0.3) is 0 Å². The van der Waals surface area contributed by atoms with Crippen molar-refractivity contribution < 1.29 is 24.2 Å². The number of morpholine rings is 1. The molecule has 5 rings (SSSR count). The van der Waals surface area contributed by atoms with E-state index in [9.17, 15) is 19.5 Å². The maximum absolute atomic E-state index is 13.7. The minimum absolute atomic E-state index is 0.0141. The second kappa shape index (κ2) is 12.3. The third-order valence-electron chi connectivity index (χ3n) is 7.33. The van der Waals surface area contributed by atoms with Crippen molar-refractivity contribution in [1.82, 2.24) is 24.6 Å². The van der Waals surface area contributed by atoms with Crippen molar-refractivity contribution in [1.29, 1.82) is 5.41 Å². The Morgan fingerprint density at radius 2 is 1.79 bits per heavy atom. The molecule has 1 aromatic heterocycles. The number of nitrogen functional groups attached to an aromatic ring is 1. The van der Waals surface area contributed by atoms with E-state index in [4.69, 9.17) is 32.5 Å². The predicted molar refractivity (Wildman–Crippen MR) is 154 cm³/mol. The van der Waals surface area contributed by atoms with Gasteiger partial charge in [-0.2, -0.15) is 9.67 Å². The highest BCUT2D eigenvalue weighted by Gasteiger charge is 2.35. The van der Waals surface area contributed by atoms with E-state index in [1.807, 2.05) is 17.0 Å². The van der Waals surface area contributed by atoms with Crippen molar-refractivity contribution in [2.75, 3.05) is 57.9 Å². The molecule has 13 nitrogen and oxygen atoms in total. The smallest absolute Gasteiger partial charge is 0.337 e. The van der Waals surface area contributed by atoms with Crippen molar-refractivity contribution in [3.8, 4) is 0 Å². The number of carboxylic acid groups (broad SMARTS) is 1. The number of halogens is 1. The molecule has 0 atom stereocenters. The van der Waals surface area contributed by atoms with Gasteiger partial charge in [0.1, 0.15) is 5.84 Å². The van der Waals surface area contributed by atoms with Gasteiger partial charge < -0.3 is 25.4 Å². The number of amides is 1. The first kappa shape index (κ1) is 29.2. The zero-order chi connectivity index (χ0) is 30.0. The number of carbonyl (C=O) groups excluding carboxylic acids is 2. The molecular formula is C28H31ClN8O5. The molecule has 0 aliphatic carbocycles. The molecule has 2 saturated heterocycles. The summed E-state index contributed by atoms with van der Waals surface area (Å²) in [5.74, 6) is -1.25. The van der Waals surface area contributed by atoms with E-state index >= 15 is 0 Å². The van der Waals surface area contributed by atoms with Gasteiger partial charge in [0.2, 0.25) is 11.9 Å². The zero-order valence-electron chi connectivity index (χ0n) is 23.0. The van der Waals surface area contributed by atoms with Gasteiger partial charge in [-0.05, 0) is 17.7 Å². The van der Waals surface area contributed by atoms with Gasteiger partial charge >= 0.3 is 5.97 Å². The van der Waals surface area contributed by atoms with E-state index in [2.05, 4.69) is 5.10 Å². The summed E-state index contributed by atoms with van der Waals surface area (Å²) in [6, 6.07) is 11.4. The molecule has 0 unspecified atom stereocenters. The second-order valence-corrected chi connectivity index (χ2v) is 10.7. The summed E-state index contributed by atoms with van der Waals surface area (Å²) < 4.78 is 6.47. The maximum atomic E-state index is 13.7. The van der Waals surface area contributed by atoms with E-state index in [0.29, 0.717) is 57.3 Å². The second-order valence-electron chi connectivity index (χ2n) is 10.3. The lowest BCUT2D eigenvalue weighted by Gasteiger charge is -2.38. The third-order valence-corrected chi connectivity index (χ3v) is 7.74. The topological polar surface area (TPSA) is 171 Å². The van der Waals surface area contributed by atoms with Crippen LogP contribution in [0.1, 0.15) is 43.6 Å². The highest BCUT2D eigenvalue weighted by molar-refractivity contribution is 6.36. The Morgan fingerprint density at radius 3 is 2.43 bits per heavy atom. The average molecular weight is 595 g/mol. The van der Waals surface area contributed by atoms with E-state index in [1.54, 1.807) is 29.0 Å². The van der Waals surface area contributed by atoms with Crippen molar-refractivity contribution in [3.63, 3.8) is 0 Å². The van der Waals surface area contributed by atoms with Gasteiger partial charge in [-0.25, -0.2) is 4.79 Å². The molecule has 1 amide bonds. The number of aromatic nitrogens is 3. The minimum Gasteiger partial charge on any atom is -0.478 e. The lowest BCUT2D eigenvalue weighted by molar-refractivity contribution is -0.137. The summed E-state index contributed by atoms with van der Waals surface area (Å²) in [7, 11) is 1.76. The Labute approximate surface area is 246 Å². The van der Waals surface area contributed by atoms with Crippen LogP contribution in [0.5, 0.6) is 0 Å². The number of carboxylic acids is 1. The number of nitrogens with two attached hydrogens (primary N) is 1. The fraction of sp³-hybridized carbons (Fsp3) is 0.357. The number of benzene rings is 2. The Morgan fingerprint density at radius 1 is 1.12 bits per heavy atom. The quantitative estimate of drug-likeness (QED) is 0.243. The summed E-state index contributed by atoms with van der Waals surface area (Å²) in [5, 5.41) is 21.5. The van der Waals surface area contributed by atoms with Crippen LogP contribution in [0.2, 0.25) is 5.02 Å². The van der Waals surface area contributed by atoms with Gasteiger partial charge in [-0.15, -0.1) is 5.10 Å². The molecule has 0 saturated carbocycles. The number of rotatable bonds is 9. The maximum Gasteiger partial charge on any atom is 0.337 e. The first-order valence-corrected chi connectivity index (χ1v) is 13.8. The standard InChI is InChI=1S/C28H31ClN8O5/c1-34(13-17-5-7-18(8-6-17)24(30)31)28-32-25(19-14-35(15-19)16-22(38)36-9-11-42-12-10-36)33-37(28)26(39)20-3-2-4-21(23(20)29)27(40)41/h2-8,19H,9-16H2,1H3,(H3,30,31)(H,40,41). The van der Waals surface area contributed by atoms with Crippen LogP contribution in [-0.2, 0) is 16.1 Å². The number of nitrogens with one attached hydrogen (secondary N) is 1. The van der Waals surface area contributed by atoms with Crippen LogP contribution in [0.4, 0.5) is 5.95 Å². The number of likely N-dealkylation sites (tertiary alicyclic amines) is 1. The Bertz CT molecular complexity index is 1510. The molecule has 2 fully saturated rings. The van der Waals surface area contributed by atoms with Gasteiger partial charge in [0.15, 0.2) is 5.82 Å². The molecule has 2 aromatic carbocycles. The number of hydrogen-bond acceptors (Lipinski definition) is 9. The summed E-state index contributed by atoms with van der Waals surface area (Å²) in [4.78, 5) is 48.3. The summed E-state index contributed by atoms with van der Waals surface area (Å²) in [6.07, 6.45) is 0. The molecule has 3 aromatic rings. The molecule has 3 heterocycles. The Kier molecular flexibility index (Phi) is 8.52. The number of amidine groups is 1. The predicted octanol–water partition coefficient (Wildman–Crippen LogP) is 1.50. The lowest BCUT2D eigenvalue weighted by Crippen LogP contribution is -2.52. The molecule has 2 aliphatic rings. The molecule has 220 valence electrons. The normalized spacial score (nSPS) is 15.7. The molecule has 0 bridgehead atoms. The van der Waals surface area contributed by atoms with Crippen LogP contribution in [-0.4, -0.2) is 106 Å². The molecule has 2 aliphatic heterocycles. The van der Waals surface area contributed by atoms with Crippen LogP contribution >= 0.6 is 11.6 Å². The van der Waals surface area contributed by atoms with E-state index in [-0.39, 0.29) is 46.3 Å². The Hall–Kier alpha value is -4.33. The van der Waals surface area contributed by atoms with E-state index < -0.39 is 11.9 Å². The summed E-state index contributed by atoms with van der Waals surface area (Å²) in [6.45, 7) is 4.01. The van der Waals surface area contributed by atoms with Crippen LogP contribution < -0.4 is 10.6 Å². The first-order chi connectivity index (χ1) is 20.1. The number of hydrogen-bond donors (Lipinski definition) is 3. The molecule has 0 radical (unpaired) electrons. The van der Waals surface area contributed by atoms with Crippen LogP contribution in [0.15, 0.2) is 42.5 Å². The highest BCUT2D eigenvalue weighted by Crippen LogP contribution is 2.29. The molecule has 42 heavy (non-hydrogen) atoms. The number of carbonyl (C=O) groups is 3. The zero-order valence-corrected chi connectivity index (χ0v) is 23.8. The highest BCUT2D eigenvalue weighted by atomic mass is 35.5. The average Bonchev–Trinajstić information content (AvgIpc) is 3.40. The van der Waals surface area contributed by atoms with Crippen LogP contribution in [0, 0.1) is 5.41 Å².